The highest BCUT2D eigenvalue weighted by Crippen LogP contribution is 2.16. The summed E-state index contributed by atoms with van der Waals surface area (Å²) >= 11 is 1.77. The van der Waals surface area contributed by atoms with Gasteiger partial charge in [0.25, 0.3) is 5.95 Å². The van der Waals surface area contributed by atoms with Crippen LogP contribution in [0.25, 0.3) is 0 Å². The van der Waals surface area contributed by atoms with Crippen LogP contribution in [0.2, 0.25) is 0 Å². The number of pyridine rings is 1. The van der Waals surface area contributed by atoms with E-state index in [1.807, 2.05) is 6.92 Å². The Balaban J connectivity index is 2.58. The number of nitrogens with one attached hydrogen (secondary N) is 1. The summed E-state index contributed by atoms with van der Waals surface area (Å²) < 4.78 is 38.7. The second kappa shape index (κ2) is 6.74. The highest BCUT2D eigenvalue weighted by atomic mass is 32.2. The first-order chi connectivity index (χ1) is 8.04. The van der Waals surface area contributed by atoms with Crippen LogP contribution in [0.15, 0.2) is 6.07 Å². The van der Waals surface area contributed by atoms with Crippen LogP contribution in [0.3, 0.4) is 0 Å². The quantitative estimate of drug-likeness (QED) is 0.629. The molecule has 96 valence electrons. The lowest BCUT2D eigenvalue weighted by molar-refractivity contribution is 0.465. The SMILES string of the molecule is CCSCCC(C)Nc1nc(F)c(F)cc1F. The molecule has 0 spiro atoms. The molecule has 1 aromatic rings. The molecular formula is C11H15F3N2S. The number of aromatic nitrogens is 1. The summed E-state index contributed by atoms with van der Waals surface area (Å²) in [6.07, 6.45) is 0.804. The number of anilines is 1. The molecule has 1 heterocycles. The normalized spacial score (nSPS) is 12.5. The van der Waals surface area contributed by atoms with E-state index in [9.17, 15) is 13.2 Å². The minimum Gasteiger partial charge on any atom is -0.365 e. The molecule has 0 saturated carbocycles. The zero-order chi connectivity index (χ0) is 12.8. The van der Waals surface area contributed by atoms with Gasteiger partial charge in [-0.3, -0.25) is 0 Å². The van der Waals surface area contributed by atoms with Crippen molar-refractivity contribution in [2.24, 2.45) is 0 Å². The number of rotatable bonds is 6. The fourth-order valence-electron chi connectivity index (χ4n) is 1.26. The Kier molecular flexibility index (Phi) is 5.61. The molecule has 1 unspecified atom stereocenters. The maximum Gasteiger partial charge on any atom is 0.251 e. The minimum atomic E-state index is -1.29. The van der Waals surface area contributed by atoms with Crippen molar-refractivity contribution in [1.82, 2.24) is 4.98 Å². The van der Waals surface area contributed by atoms with Crippen molar-refractivity contribution in [2.45, 2.75) is 26.3 Å². The number of halogens is 3. The Labute approximate surface area is 103 Å². The van der Waals surface area contributed by atoms with E-state index in [1.165, 1.54) is 0 Å². The molecule has 1 N–H and O–H groups in total. The Bertz CT molecular complexity index is 374. The molecule has 0 aliphatic heterocycles. The molecule has 0 saturated heterocycles. The predicted octanol–water partition coefficient (Wildman–Crippen LogP) is 3.44. The van der Waals surface area contributed by atoms with Crippen LogP contribution < -0.4 is 5.32 Å². The topological polar surface area (TPSA) is 24.9 Å². The lowest BCUT2D eigenvalue weighted by atomic mass is 10.2. The molecule has 2 nitrogen and oxygen atoms in total. The van der Waals surface area contributed by atoms with Gasteiger partial charge in [0.1, 0.15) is 0 Å². The van der Waals surface area contributed by atoms with Crippen LogP contribution in [0.4, 0.5) is 19.0 Å². The highest BCUT2D eigenvalue weighted by Gasteiger charge is 2.13. The molecular weight excluding hydrogens is 249 g/mol. The van der Waals surface area contributed by atoms with E-state index < -0.39 is 17.6 Å². The van der Waals surface area contributed by atoms with Crippen LogP contribution in [0.1, 0.15) is 20.3 Å². The van der Waals surface area contributed by atoms with Gasteiger partial charge in [-0.05, 0) is 24.9 Å². The van der Waals surface area contributed by atoms with Gasteiger partial charge in [-0.25, -0.2) is 8.78 Å². The van der Waals surface area contributed by atoms with Crippen LogP contribution in [-0.4, -0.2) is 22.5 Å². The molecule has 6 heteroatoms. The third-order valence-corrected chi connectivity index (χ3v) is 3.10. The lowest BCUT2D eigenvalue weighted by Gasteiger charge is -2.14. The van der Waals surface area contributed by atoms with Crippen molar-refractivity contribution >= 4 is 17.6 Å². The van der Waals surface area contributed by atoms with Gasteiger partial charge < -0.3 is 5.32 Å². The van der Waals surface area contributed by atoms with E-state index in [2.05, 4.69) is 17.2 Å². The standard InChI is InChI=1S/C11H15F3N2S/c1-3-17-5-4-7(2)15-11-9(13)6-8(12)10(14)16-11/h6-7H,3-5H2,1-2H3,(H,15,16). The molecule has 0 fully saturated rings. The third-order valence-electron chi connectivity index (χ3n) is 2.17. The molecule has 1 rings (SSSR count). The van der Waals surface area contributed by atoms with Gasteiger partial charge in [-0.2, -0.15) is 21.1 Å². The van der Waals surface area contributed by atoms with Gasteiger partial charge in [-0.1, -0.05) is 6.92 Å². The van der Waals surface area contributed by atoms with Crippen molar-refractivity contribution < 1.29 is 13.2 Å². The predicted molar refractivity (Wildman–Crippen MR) is 64.8 cm³/mol. The second-order valence-corrected chi connectivity index (χ2v) is 5.02. The van der Waals surface area contributed by atoms with Gasteiger partial charge in [0.15, 0.2) is 17.5 Å². The van der Waals surface area contributed by atoms with E-state index in [0.717, 1.165) is 17.9 Å². The first-order valence-electron chi connectivity index (χ1n) is 5.40. The first-order valence-corrected chi connectivity index (χ1v) is 6.55. The lowest BCUT2D eigenvalue weighted by Crippen LogP contribution is -2.18. The fourth-order valence-corrected chi connectivity index (χ4v) is 2.06. The van der Waals surface area contributed by atoms with Gasteiger partial charge in [0.05, 0.1) is 0 Å². The molecule has 0 aromatic carbocycles. The Morgan fingerprint density at radius 2 is 2.06 bits per heavy atom. The zero-order valence-electron chi connectivity index (χ0n) is 9.77. The molecule has 0 radical (unpaired) electrons. The van der Waals surface area contributed by atoms with Crippen molar-refractivity contribution in [1.29, 1.82) is 0 Å². The van der Waals surface area contributed by atoms with Crippen LogP contribution >= 0.6 is 11.8 Å². The maximum absolute atomic E-state index is 13.2. The average Bonchev–Trinajstić information content (AvgIpc) is 2.26. The van der Waals surface area contributed by atoms with Crippen LogP contribution in [0.5, 0.6) is 0 Å². The molecule has 0 aliphatic rings. The fraction of sp³-hybridized carbons (Fsp3) is 0.545. The number of thioether (sulfide) groups is 1. The summed E-state index contributed by atoms with van der Waals surface area (Å²) in [5, 5.41) is 2.73. The van der Waals surface area contributed by atoms with E-state index in [4.69, 9.17) is 0 Å². The van der Waals surface area contributed by atoms with Gasteiger partial charge in [0, 0.05) is 12.1 Å². The Morgan fingerprint density at radius 3 is 2.71 bits per heavy atom. The van der Waals surface area contributed by atoms with Crippen molar-refractivity contribution in [3.8, 4) is 0 Å². The Hall–Kier alpha value is -0.910. The number of hydrogen-bond acceptors (Lipinski definition) is 3. The summed E-state index contributed by atoms with van der Waals surface area (Å²) in [6, 6.07) is 0.457. The highest BCUT2D eigenvalue weighted by molar-refractivity contribution is 7.99. The number of hydrogen-bond donors (Lipinski definition) is 1. The second-order valence-electron chi connectivity index (χ2n) is 3.62. The molecule has 0 amide bonds. The van der Waals surface area contributed by atoms with Crippen molar-refractivity contribution in [2.75, 3.05) is 16.8 Å². The summed E-state index contributed by atoms with van der Waals surface area (Å²) in [7, 11) is 0. The summed E-state index contributed by atoms with van der Waals surface area (Å²) in [4.78, 5) is 3.21. The smallest absolute Gasteiger partial charge is 0.251 e. The molecule has 17 heavy (non-hydrogen) atoms. The molecule has 0 bridgehead atoms. The van der Waals surface area contributed by atoms with Crippen LogP contribution in [0, 0.1) is 17.6 Å². The van der Waals surface area contributed by atoms with Gasteiger partial charge >= 0.3 is 0 Å². The zero-order valence-corrected chi connectivity index (χ0v) is 10.6. The van der Waals surface area contributed by atoms with E-state index in [-0.39, 0.29) is 11.9 Å². The molecule has 1 aromatic heterocycles. The van der Waals surface area contributed by atoms with E-state index >= 15 is 0 Å². The van der Waals surface area contributed by atoms with Gasteiger partial charge in [-0.15, -0.1) is 0 Å². The summed E-state index contributed by atoms with van der Waals surface area (Å²) in [6.45, 7) is 3.90. The molecule has 0 aliphatic carbocycles. The Morgan fingerprint density at radius 1 is 1.35 bits per heavy atom. The monoisotopic (exact) mass is 264 g/mol. The minimum absolute atomic E-state index is 0.0408. The molecule has 1 atom stereocenters. The number of nitrogens with zero attached hydrogens (tertiary/aromatic N) is 1. The summed E-state index contributed by atoms with van der Waals surface area (Å²) in [5.74, 6) is -1.73. The van der Waals surface area contributed by atoms with Crippen LogP contribution in [-0.2, 0) is 0 Å². The van der Waals surface area contributed by atoms with E-state index in [0.29, 0.717) is 6.07 Å². The largest absolute Gasteiger partial charge is 0.365 e. The first kappa shape index (κ1) is 14.2. The summed E-state index contributed by atoms with van der Waals surface area (Å²) in [5.41, 5.74) is 0. The van der Waals surface area contributed by atoms with E-state index in [1.54, 1.807) is 11.8 Å². The maximum atomic E-state index is 13.2. The van der Waals surface area contributed by atoms with Crippen molar-refractivity contribution in [3.63, 3.8) is 0 Å². The van der Waals surface area contributed by atoms with Gasteiger partial charge in [0.2, 0.25) is 0 Å². The average molecular weight is 264 g/mol. The third kappa shape index (κ3) is 4.46. The van der Waals surface area contributed by atoms with Crippen molar-refractivity contribution in [3.05, 3.63) is 23.6 Å².